The number of hydrogen-bond acceptors (Lipinski definition) is 5. The molecule has 3 heterocycles. The summed E-state index contributed by atoms with van der Waals surface area (Å²) in [4.78, 5) is 39.4. The van der Waals surface area contributed by atoms with Gasteiger partial charge in [0.05, 0.1) is 18.7 Å². The molecule has 31 heavy (non-hydrogen) atoms. The molecule has 164 valence electrons. The molecule has 1 atom stereocenters. The number of aromatic nitrogens is 2. The number of fused-ring (bicyclic) bond motifs is 1. The standard InChI is InChI=1S/C24H30N4O3/c1-15(2)14-28-21(29)12-11-17-16(3)25-22(26-23(17)28)19-9-7-13-27(19)24(30)18-8-5-6-10-20(18)31-4/h5-6,8,10,15,19H,7,9,11-14H2,1-4H3. The highest BCUT2D eigenvalue weighted by Gasteiger charge is 2.36. The zero-order valence-electron chi connectivity index (χ0n) is 18.7. The first-order valence-corrected chi connectivity index (χ1v) is 11.0. The van der Waals surface area contributed by atoms with Crippen LogP contribution in [0.15, 0.2) is 24.3 Å². The van der Waals surface area contributed by atoms with Crippen LogP contribution in [0.2, 0.25) is 0 Å². The molecular formula is C24H30N4O3. The number of carbonyl (C=O) groups is 2. The van der Waals surface area contributed by atoms with Gasteiger partial charge in [-0.25, -0.2) is 9.97 Å². The lowest BCUT2D eigenvalue weighted by Gasteiger charge is -2.32. The summed E-state index contributed by atoms with van der Waals surface area (Å²) in [5.74, 6) is 2.29. The summed E-state index contributed by atoms with van der Waals surface area (Å²) in [7, 11) is 1.57. The van der Waals surface area contributed by atoms with Crippen molar-refractivity contribution in [2.75, 3.05) is 25.1 Å². The summed E-state index contributed by atoms with van der Waals surface area (Å²) >= 11 is 0. The van der Waals surface area contributed by atoms with Gasteiger partial charge in [-0.15, -0.1) is 0 Å². The van der Waals surface area contributed by atoms with Crippen LogP contribution in [-0.4, -0.2) is 46.9 Å². The van der Waals surface area contributed by atoms with E-state index in [1.54, 1.807) is 19.2 Å². The number of nitrogens with zero attached hydrogens (tertiary/aromatic N) is 4. The van der Waals surface area contributed by atoms with Gasteiger partial charge in [-0.2, -0.15) is 0 Å². The van der Waals surface area contributed by atoms with E-state index in [2.05, 4.69) is 13.8 Å². The number of carbonyl (C=O) groups excluding carboxylic acids is 2. The molecule has 0 aliphatic carbocycles. The van der Waals surface area contributed by atoms with Crippen molar-refractivity contribution in [1.82, 2.24) is 14.9 Å². The molecule has 7 heteroatoms. The van der Waals surface area contributed by atoms with Crippen molar-refractivity contribution >= 4 is 17.6 Å². The number of hydrogen-bond donors (Lipinski definition) is 0. The highest BCUT2D eigenvalue weighted by atomic mass is 16.5. The number of benzene rings is 1. The number of likely N-dealkylation sites (tertiary alicyclic amines) is 1. The molecule has 1 unspecified atom stereocenters. The average Bonchev–Trinajstić information content (AvgIpc) is 3.25. The third-order valence-corrected chi connectivity index (χ3v) is 6.05. The Labute approximate surface area is 183 Å². The molecule has 0 N–H and O–H groups in total. The molecule has 1 saturated heterocycles. The normalized spacial score (nSPS) is 18.5. The summed E-state index contributed by atoms with van der Waals surface area (Å²) in [6.07, 6.45) is 2.85. The zero-order chi connectivity index (χ0) is 22.1. The van der Waals surface area contributed by atoms with E-state index in [4.69, 9.17) is 14.7 Å². The van der Waals surface area contributed by atoms with Crippen LogP contribution in [0.4, 0.5) is 5.82 Å². The van der Waals surface area contributed by atoms with Crippen molar-refractivity contribution in [3.8, 4) is 5.75 Å². The predicted molar refractivity (Wildman–Crippen MR) is 118 cm³/mol. The molecule has 0 spiro atoms. The van der Waals surface area contributed by atoms with E-state index in [0.717, 1.165) is 29.9 Å². The van der Waals surface area contributed by atoms with Crippen LogP contribution in [0.25, 0.3) is 0 Å². The maximum absolute atomic E-state index is 13.4. The Morgan fingerprint density at radius 1 is 1.23 bits per heavy atom. The first-order valence-electron chi connectivity index (χ1n) is 11.0. The Kier molecular flexibility index (Phi) is 5.94. The van der Waals surface area contributed by atoms with E-state index in [9.17, 15) is 9.59 Å². The molecule has 2 aliphatic heterocycles. The van der Waals surface area contributed by atoms with Crippen molar-refractivity contribution in [1.29, 1.82) is 0 Å². The molecular weight excluding hydrogens is 392 g/mol. The second kappa shape index (κ2) is 8.65. The van der Waals surface area contributed by atoms with E-state index >= 15 is 0 Å². The summed E-state index contributed by atoms with van der Waals surface area (Å²) in [5.41, 5.74) is 2.49. The average molecular weight is 423 g/mol. The van der Waals surface area contributed by atoms with Crippen LogP contribution < -0.4 is 9.64 Å². The van der Waals surface area contributed by atoms with Crippen LogP contribution in [0, 0.1) is 12.8 Å². The van der Waals surface area contributed by atoms with Gasteiger partial charge < -0.3 is 9.64 Å². The number of para-hydroxylation sites is 1. The van der Waals surface area contributed by atoms with Gasteiger partial charge in [0.15, 0.2) is 5.82 Å². The molecule has 1 aromatic heterocycles. The lowest BCUT2D eigenvalue weighted by molar-refractivity contribution is -0.119. The smallest absolute Gasteiger partial charge is 0.258 e. The lowest BCUT2D eigenvalue weighted by Crippen LogP contribution is -2.40. The largest absolute Gasteiger partial charge is 0.496 e. The maximum atomic E-state index is 13.4. The van der Waals surface area contributed by atoms with Gasteiger partial charge in [-0.1, -0.05) is 26.0 Å². The summed E-state index contributed by atoms with van der Waals surface area (Å²) < 4.78 is 5.40. The van der Waals surface area contributed by atoms with Gasteiger partial charge >= 0.3 is 0 Å². The minimum Gasteiger partial charge on any atom is -0.496 e. The number of ether oxygens (including phenoxy) is 1. The lowest BCUT2D eigenvalue weighted by atomic mass is 10.0. The van der Waals surface area contributed by atoms with Crippen LogP contribution in [0.3, 0.4) is 0 Å². The number of rotatable bonds is 5. The SMILES string of the molecule is COc1ccccc1C(=O)N1CCCC1c1nc(C)c2c(n1)N(CC(C)C)C(=O)CC2. The van der Waals surface area contributed by atoms with Gasteiger partial charge in [-0.05, 0) is 44.2 Å². The fraction of sp³-hybridized carbons (Fsp3) is 0.500. The Bertz CT molecular complexity index is 1000. The van der Waals surface area contributed by atoms with E-state index in [1.165, 1.54) is 0 Å². The molecule has 0 bridgehead atoms. The van der Waals surface area contributed by atoms with E-state index < -0.39 is 0 Å². The van der Waals surface area contributed by atoms with Crippen LogP contribution in [0.5, 0.6) is 5.75 Å². The second-order valence-corrected chi connectivity index (χ2v) is 8.72. The van der Waals surface area contributed by atoms with Crippen LogP contribution in [0.1, 0.15) is 66.6 Å². The van der Waals surface area contributed by atoms with Crippen LogP contribution in [-0.2, 0) is 11.2 Å². The Balaban J connectivity index is 1.71. The first-order chi connectivity index (χ1) is 14.9. The van der Waals surface area contributed by atoms with Crippen molar-refractivity contribution in [2.24, 2.45) is 5.92 Å². The highest BCUT2D eigenvalue weighted by molar-refractivity contribution is 5.97. The molecule has 0 saturated carbocycles. The van der Waals surface area contributed by atoms with Gasteiger partial charge in [0.2, 0.25) is 5.91 Å². The third kappa shape index (κ3) is 4.01. The predicted octanol–water partition coefficient (Wildman–Crippen LogP) is 3.71. The Hall–Kier alpha value is -2.96. The minimum atomic E-state index is -0.209. The fourth-order valence-electron chi connectivity index (χ4n) is 4.56. The molecule has 4 rings (SSSR count). The van der Waals surface area contributed by atoms with Gasteiger partial charge in [0.25, 0.3) is 5.91 Å². The maximum Gasteiger partial charge on any atom is 0.258 e. The summed E-state index contributed by atoms with van der Waals surface area (Å²) in [6, 6.07) is 7.08. The topological polar surface area (TPSA) is 75.6 Å². The van der Waals surface area contributed by atoms with E-state index in [1.807, 2.05) is 28.9 Å². The van der Waals surface area contributed by atoms with E-state index in [0.29, 0.717) is 49.0 Å². The second-order valence-electron chi connectivity index (χ2n) is 8.72. The van der Waals surface area contributed by atoms with Crippen LogP contribution >= 0.6 is 0 Å². The third-order valence-electron chi connectivity index (χ3n) is 6.05. The number of anilines is 1. The van der Waals surface area contributed by atoms with Gasteiger partial charge in [-0.3, -0.25) is 14.5 Å². The molecule has 2 aliphatic rings. The van der Waals surface area contributed by atoms with E-state index in [-0.39, 0.29) is 17.9 Å². The molecule has 7 nitrogen and oxygen atoms in total. The van der Waals surface area contributed by atoms with Crippen molar-refractivity contribution in [3.63, 3.8) is 0 Å². The molecule has 2 aromatic rings. The molecule has 2 amide bonds. The molecule has 1 fully saturated rings. The van der Waals surface area contributed by atoms with Crippen molar-refractivity contribution in [2.45, 2.75) is 52.5 Å². The molecule has 0 radical (unpaired) electrons. The number of amides is 2. The minimum absolute atomic E-state index is 0.0750. The Morgan fingerprint density at radius 2 is 2.00 bits per heavy atom. The Morgan fingerprint density at radius 3 is 2.74 bits per heavy atom. The summed E-state index contributed by atoms with van der Waals surface area (Å²) in [5, 5.41) is 0. The van der Waals surface area contributed by atoms with Crippen molar-refractivity contribution in [3.05, 3.63) is 46.9 Å². The number of aryl methyl sites for hydroxylation is 1. The number of methoxy groups -OCH3 is 1. The molecule has 1 aromatic carbocycles. The fourth-order valence-corrected chi connectivity index (χ4v) is 4.56. The van der Waals surface area contributed by atoms with Crippen molar-refractivity contribution < 1.29 is 14.3 Å². The van der Waals surface area contributed by atoms with Gasteiger partial charge in [0.1, 0.15) is 11.6 Å². The monoisotopic (exact) mass is 422 g/mol. The zero-order valence-corrected chi connectivity index (χ0v) is 18.7. The highest BCUT2D eigenvalue weighted by Crippen LogP contribution is 2.36. The summed E-state index contributed by atoms with van der Waals surface area (Å²) in [6.45, 7) is 7.46. The first kappa shape index (κ1) is 21.3. The quantitative estimate of drug-likeness (QED) is 0.734. The van der Waals surface area contributed by atoms with Gasteiger partial charge in [0, 0.05) is 30.8 Å².